The highest BCUT2D eigenvalue weighted by Gasteiger charge is 2.54. The molecule has 2 amide bonds. The minimum atomic E-state index is -1.27. The van der Waals surface area contributed by atoms with E-state index >= 15 is 0 Å². The van der Waals surface area contributed by atoms with Gasteiger partial charge in [-0.05, 0) is 75.3 Å². The Hall–Kier alpha value is -2.51. The summed E-state index contributed by atoms with van der Waals surface area (Å²) in [6.45, 7) is 0.957. The van der Waals surface area contributed by atoms with Crippen molar-refractivity contribution < 1.29 is 27.9 Å². The maximum atomic E-state index is 13.6. The van der Waals surface area contributed by atoms with Gasteiger partial charge in [-0.3, -0.25) is 14.4 Å². The van der Waals surface area contributed by atoms with E-state index in [4.69, 9.17) is 4.74 Å². The smallest absolute Gasteiger partial charge is 0.326 e. The molecule has 30 heavy (non-hydrogen) atoms. The summed E-state index contributed by atoms with van der Waals surface area (Å²) in [5, 5.41) is 4.77. The molecular formula is C22H26F2N2O4. The van der Waals surface area contributed by atoms with Crippen LogP contribution in [-0.4, -0.2) is 30.4 Å². The summed E-state index contributed by atoms with van der Waals surface area (Å²) in [4.78, 5) is 37.1. The summed E-state index contributed by atoms with van der Waals surface area (Å²) in [6.07, 6.45) is 5.01. The monoisotopic (exact) mass is 420 g/mol. The van der Waals surface area contributed by atoms with E-state index in [0.29, 0.717) is 17.8 Å². The summed E-state index contributed by atoms with van der Waals surface area (Å²) in [6, 6.07) is 3.20. The molecule has 1 aromatic rings. The molecule has 4 aliphatic carbocycles. The van der Waals surface area contributed by atoms with Crippen molar-refractivity contribution in [1.82, 2.24) is 5.32 Å². The van der Waals surface area contributed by atoms with Crippen LogP contribution >= 0.6 is 0 Å². The Morgan fingerprint density at radius 2 is 1.60 bits per heavy atom. The van der Waals surface area contributed by atoms with E-state index < -0.39 is 35.3 Å². The zero-order chi connectivity index (χ0) is 21.5. The lowest BCUT2D eigenvalue weighted by molar-refractivity contribution is -0.155. The molecule has 4 saturated carbocycles. The number of carbonyl (C=O) groups excluding carboxylic acids is 3. The lowest BCUT2D eigenvalue weighted by Crippen LogP contribution is -2.54. The molecule has 0 radical (unpaired) electrons. The first-order valence-corrected chi connectivity index (χ1v) is 10.5. The molecule has 6 nitrogen and oxygen atoms in total. The van der Waals surface area contributed by atoms with Gasteiger partial charge in [-0.25, -0.2) is 8.78 Å². The van der Waals surface area contributed by atoms with Crippen molar-refractivity contribution in [3.63, 3.8) is 0 Å². The number of anilines is 1. The molecule has 4 fully saturated rings. The number of esters is 1. The first-order chi connectivity index (χ1) is 14.3. The van der Waals surface area contributed by atoms with Crippen LogP contribution in [0.3, 0.4) is 0 Å². The molecule has 0 heterocycles. The highest BCUT2D eigenvalue weighted by atomic mass is 19.1. The van der Waals surface area contributed by atoms with Gasteiger partial charge in [-0.1, -0.05) is 6.07 Å². The summed E-state index contributed by atoms with van der Waals surface area (Å²) in [7, 11) is 0. The summed E-state index contributed by atoms with van der Waals surface area (Å²) in [5.41, 5.74) is -0.971. The van der Waals surface area contributed by atoms with Gasteiger partial charge in [0.2, 0.25) is 5.91 Å². The molecule has 0 aliphatic heterocycles. The van der Waals surface area contributed by atoms with E-state index in [1.54, 1.807) is 0 Å². The fourth-order valence-corrected chi connectivity index (χ4v) is 5.86. The maximum Gasteiger partial charge on any atom is 0.326 e. The minimum absolute atomic E-state index is 0.107. The Bertz CT molecular complexity index is 817. The van der Waals surface area contributed by atoms with E-state index in [1.165, 1.54) is 32.3 Å². The molecule has 2 N–H and O–H groups in total. The molecule has 8 heteroatoms. The van der Waals surface area contributed by atoms with Crippen LogP contribution < -0.4 is 10.6 Å². The topological polar surface area (TPSA) is 84.5 Å². The predicted octanol–water partition coefficient (Wildman–Crippen LogP) is 3.17. The molecule has 162 valence electrons. The SMILES string of the molecule is CC(OC(=O)CNC(=O)C12CC3CC(CC(C3)C1)C2)C(=O)Nc1c(F)cccc1F. The zero-order valence-electron chi connectivity index (χ0n) is 16.9. The van der Waals surface area contributed by atoms with Crippen LogP contribution in [0, 0.1) is 34.8 Å². The molecule has 0 spiro atoms. The number of nitrogens with one attached hydrogen (secondary N) is 2. The lowest BCUT2D eigenvalue weighted by atomic mass is 9.49. The molecule has 4 aliphatic rings. The zero-order valence-corrected chi connectivity index (χ0v) is 16.9. The molecule has 4 bridgehead atoms. The number of carbonyl (C=O) groups is 3. The third-order valence-corrected chi connectivity index (χ3v) is 6.80. The van der Waals surface area contributed by atoms with E-state index in [1.807, 2.05) is 0 Å². The minimum Gasteiger partial charge on any atom is -0.451 e. The normalized spacial score (nSPS) is 29.9. The standard InChI is InChI=1S/C22H26F2N2O4/c1-12(20(28)26-19-16(23)3-2-4-17(19)24)30-18(27)11-25-21(29)22-8-13-5-14(9-22)7-15(6-13)10-22/h2-4,12-15H,5-11H2,1H3,(H,25,29)(H,26,28). The second-order valence-electron chi connectivity index (χ2n) is 9.10. The second kappa shape index (κ2) is 7.96. The van der Waals surface area contributed by atoms with Crippen LogP contribution in [0.25, 0.3) is 0 Å². The quantitative estimate of drug-likeness (QED) is 0.693. The number of rotatable bonds is 6. The van der Waals surface area contributed by atoms with Gasteiger partial charge in [-0.2, -0.15) is 0 Å². The number of benzene rings is 1. The number of hydrogen-bond acceptors (Lipinski definition) is 4. The van der Waals surface area contributed by atoms with Crippen molar-refractivity contribution in [2.75, 3.05) is 11.9 Å². The van der Waals surface area contributed by atoms with Crippen molar-refractivity contribution in [1.29, 1.82) is 0 Å². The van der Waals surface area contributed by atoms with Gasteiger partial charge in [0, 0.05) is 5.41 Å². The van der Waals surface area contributed by atoms with Crippen molar-refractivity contribution >= 4 is 23.5 Å². The van der Waals surface area contributed by atoms with E-state index in [2.05, 4.69) is 10.6 Å². The Balaban J connectivity index is 1.27. The van der Waals surface area contributed by atoms with E-state index in [9.17, 15) is 23.2 Å². The number of hydrogen-bond donors (Lipinski definition) is 2. The van der Waals surface area contributed by atoms with Gasteiger partial charge >= 0.3 is 5.97 Å². The average molecular weight is 420 g/mol. The van der Waals surface area contributed by atoms with Crippen molar-refractivity contribution in [2.24, 2.45) is 23.2 Å². The third kappa shape index (κ3) is 4.04. The van der Waals surface area contributed by atoms with Crippen LogP contribution in [0.5, 0.6) is 0 Å². The van der Waals surface area contributed by atoms with Crippen LogP contribution in [-0.2, 0) is 19.1 Å². The summed E-state index contributed by atoms with van der Waals surface area (Å²) < 4.78 is 32.3. The summed E-state index contributed by atoms with van der Waals surface area (Å²) in [5.74, 6) is -1.77. The molecule has 0 aromatic heterocycles. The third-order valence-electron chi connectivity index (χ3n) is 6.80. The fraction of sp³-hybridized carbons (Fsp3) is 0.591. The molecule has 1 atom stereocenters. The van der Waals surface area contributed by atoms with Crippen LogP contribution in [0.2, 0.25) is 0 Å². The number of halogens is 2. The number of ether oxygens (including phenoxy) is 1. The first-order valence-electron chi connectivity index (χ1n) is 10.5. The van der Waals surface area contributed by atoms with Gasteiger partial charge in [0.05, 0.1) is 0 Å². The van der Waals surface area contributed by atoms with Crippen molar-refractivity contribution in [2.45, 2.75) is 51.6 Å². The van der Waals surface area contributed by atoms with Gasteiger partial charge < -0.3 is 15.4 Å². The molecular weight excluding hydrogens is 394 g/mol. The highest BCUT2D eigenvalue weighted by Crippen LogP contribution is 2.60. The Morgan fingerprint density at radius 3 is 2.13 bits per heavy atom. The van der Waals surface area contributed by atoms with Gasteiger partial charge in [0.25, 0.3) is 5.91 Å². The molecule has 1 aromatic carbocycles. The van der Waals surface area contributed by atoms with Crippen LogP contribution in [0.15, 0.2) is 18.2 Å². The number of para-hydroxylation sites is 1. The fourth-order valence-electron chi connectivity index (χ4n) is 5.86. The van der Waals surface area contributed by atoms with Gasteiger partial charge in [0.1, 0.15) is 23.9 Å². The van der Waals surface area contributed by atoms with E-state index in [-0.39, 0.29) is 17.9 Å². The Morgan fingerprint density at radius 1 is 1.07 bits per heavy atom. The highest BCUT2D eigenvalue weighted by molar-refractivity contribution is 5.95. The summed E-state index contributed by atoms with van der Waals surface area (Å²) >= 11 is 0. The predicted molar refractivity (Wildman–Crippen MR) is 104 cm³/mol. The maximum absolute atomic E-state index is 13.6. The van der Waals surface area contributed by atoms with Crippen LogP contribution in [0.1, 0.15) is 45.4 Å². The largest absolute Gasteiger partial charge is 0.451 e. The van der Waals surface area contributed by atoms with Gasteiger partial charge in [0.15, 0.2) is 6.10 Å². The van der Waals surface area contributed by atoms with Crippen molar-refractivity contribution in [3.05, 3.63) is 29.8 Å². The average Bonchev–Trinajstić information content (AvgIpc) is 2.67. The lowest BCUT2D eigenvalue weighted by Gasteiger charge is -2.55. The Labute approximate surface area is 173 Å². The second-order valence-corrected chi connectivity index (χ2v) is 9.10. The molecule has 1 unspecified atom stereocenters. The molecule has 5 rings (SSSR count). The van der Waals surface area contributed by atoms with Crippen LogP contribution in [0.4, 0.5) is 14.5 Å². The first kappa shape index (κ1) is 20.8. The van der Waals surface area contributed by atoms with Gasteiger partial charge in [-0.15, -0.1) is 0 Å². The van der Waals surface area contributed by atoms with E-state index in [0.717, 1.165) is 31.4 Å². The van der Waals surface area contributed by atoms with Crippen molar-refractivity contribution in [3.8, 4) is 0 Å². The molecule has 0 saturated heterocycles. The number of amides is 2. The Kier molecular flexibility index (Phi) is 5.51.